The molecule has 2 saturated carbocycles. The largest absolute Gasteiger partial charge is 0.481 e. The zero-order chi connectivity index (χ0) is 32.6. The summed E-state index contributed by atoms with van der Waals surface area (Å²) < 4.78 is 102. The number of aromatic nitrogens is 4. The summed E-state index contributed by atoms with van der Waals surface area (Å²) in [6.07, 6.45) is -6.20. The summed E-state index contributed by atoms with van der Waals surface area (Å²) in [5, 5.41) is 18.2. The molecule has 244 valence electrons. The molecule has 0 aliphatic heterocycles. The van der Waals surface area contributed by atoms with Crippen molar-refractivity contribution in [1.82, 2.24) is 30.2 Å². The Bertz CT molecular complexity index is 1520. The van der Waals surface area contributed by atoms with Crippen LogP contribution in [0.1, 0.15) is 61.5 Å². The van der Waals surface area contributed by atoms with Gasteiger partial charge in [0.2, 0.25) is 5.92 Å². The molecular formula is C28H29F7N6O4. The third-order valence-corrected chi connectivity index (χ3v) is 8.20. The van der Waals surface area contributed by atoms with Gasteiger partial charge in [0.25, 0.3) is 11.7 Å². The SMILES string of the molecule is O=C(N[C@H](c1cn2ncc(C3(NCC(C(=O)O)C(F)(F)F)CC(F)(F)C3)nc2n1)C1CCC(F)(F)CC1)OCc1ccccc1. The van der Waals surface area contributed by atoms with E-state index in [9.17, 15) is 40.3 Å². The lowest BCUT2D eigenvalue weighted by Crippen LogP contribution is -2.60. The van der Waals surface area contributed by atoms with Gasteiger partial charge < -0.3 is 20.5 Å². The average molecular weight is 647 g/mol. The number of carbonyl (C=O) groups is 2. The fraction of sp³-hybridized carbons (Fsp3) is 0.536. The van der Waals surface area contributed by atoms with Gasteiger partial charge in [0, 0.05) is 32.2 Å². The van der Waals surface area contributed by atoms with Gasteiger partial charge in [0.05, 0.1) is 35.4 Å². The van der Waals surface area contributed by atoms with E-state index in [4.69, 9.17) is 9.84 Å². The summed E-state index contributed by atoms with van der Waals surface area (Å²) in [7, 11) is 0. The minimum absolute atomic E-state index is 0.0443. The van der Waals surface area contributed by atoms with Gasteiger partial charge in [-0.3, -0.25) is 4.79 Å². The maximum Gasteiger partial charge on any atom is 0.408 e. The number of aliphatic carboxylic acids is 1. The smallest absolute Gasteiger partial charge is 0.408 e. The van der Waals surface area contributed by atoms with Crippen LogP contribution in [-0.2, 0) is 21.7 Å². The number of nitrogens with zero attached hydrogens (tertiary/aromatic N) is 4. The molecule has 5 rings (SSSR count). The van der Waals surface area contributed by atoms with E-state index in [1.54, 1.807) is 30.3 Å². The summed E-state index contributed by atoms with van der Waals surface area (Å²) in [5.41, 5.74) is -1.13. The molecule has 2 aromatic heterocycles. The molecule has 1 amide bonds. The van der Waals surface area contributed by atoms with Crippen molar-refractivity contribution in [3.63, 3.8) is 0 Å². The molecule has 10 nitrogen and oxygen atoms in total. The first kappa shape index (κ1) is 32.4. The number of ether oxygens (including phenoxy) is 1. The topological polar surface area (TPSA) is 131 Å². The number of halogens is 7. The van der Waals surface area contributed by atoms with E-state index in [0.29, 0.717) is 5.56 Å². The molecule has 3 aromatic rings. The standard InChI is InChI=1S/C28H29F7N6O4/c29-26(30)8-6-17(7-9-26)21(40-24(44)45-13-16-4-2-1-3-5-16)19-12-41-23(38-19)39-20(11-37-41)25(14-27(31,32)15-25)36-10-18(22(42)43)28(33,34)35/h1-5,11-12,17-18,21,36H,6-10,13-15H2,(H,40,44)(H,42,43)/t18?,21-/m0/s1. The number of imidazole rings is 1. The summed E-state index contributed by atoms with van der Waals surface area (Å²) in [4.78, 5) is 32.6. The highest BCUT2D eigenvalue weighted by Crippen LogP contribution is 2.51. The van der Waals surface area contributed by atoms with Gasteiger partial charge >= 0.3 is 18.2 Å². The predicted octanol–water partition coefficient (Wildman–Crippen LogP) is 5.39. The van der Waals surface area contributed by atoms with Gasteiger partial charge in [-0.25, -0.2) is 36.8 Å². The second-order valence-electron chi connectivity index (χ2n) is 11.5. The summed E-state index contributed by atoms with van der Waals surface area (Å²) in [6, 6.07) is 7.89. The molecule has 0 radical (unpaired) electrons. The molecule has 17 heteroatoms. The Hall–Kier alpha value is -4.02. The predicted molar refractivity (Wildman–Crippen MR) is 141 cm³/mol. The van der Waals surface area contributed by atoms with Crippen molar-refractivity contribution in [2.75, 3.05) is 6.54 Å². The lowest BCUT2D eigenvalue weighted by atomic mass is 9.71. The molecule has 0 saturated heterocycles. The second kappa shape index (κ2) is 12.1. The first-order valence-corrected chi connectivity index (χ1v) is 14.1. The van der Waals surface area contributed by atoms with Gasteiger partial charge in [-0.1, -0.05) is 30.3 Å². The molecule has 2 aliphatic rings. The maximum absolute atomic E-state index is 14.1. The van der Waals surface area contributed by atoms with Crippen LogP contribution in [0.25, 0.3) is 5.78 Å². The number of carbonyl (C=O) groups excluding carboxylic acids is 1. The molecule has 3 N–H and O–H groups in total. The van der Waals surface area contributed by atoms with Gasteiger partial charge in [-0.05, 0) is 24.3 Å². The molecule has 1 unspecified atom stereocenters. The van der Waals surface area contributed by atoms with Crippen molar-refractivity contribution in [3.8, 4) is 0 Å². The van der Waals surface area contributed by atoms with E-state index in [1.165, 1.54) is 6.20 Å². The first-order valence-electron chi connectivity index (χ1n) is 14.1. The summed E-state index contributed by atoms with van der Waals surface area (Å²) >= 11 is 0. The van der Waals surface area contributed by atoms with E-state index >= 15 is 0 Å². The zero-order valence-electron chi connectivity index (χ0n) is 23.5. The zero-order valence-corrected chi connectivity index (χ0v) is 23.5. The number of alkyl halides is 7. The van der Waals surface area contributed by atoms with Crippen molar-refractivity contribution in [1.29, 1.82) is 0 Å². The number of carboxylic acid groups (broad SMARTS) is 1. The van der Waals surface area contributed by atoms with Crippen LogP contribution in [0, 0.1) is 11.8 Å². The minimum Gasteiger partial charge on any atom is -0.481 e. The number of benzene rings is 1. The Balaban J connectivity index is 1.40. The van der Waals surface area contributed by atoms with Crippen LogP contribution in [-0.4, -0.2) is 61.3 Å². The Kier molecular flexibility index (Phi) is 8.67. The molecular weight excluding hydrogens is 617 g/mol. The number of amides is 1. The fourth-order valence-corrected chi connectivity index (χ4v) is 5.76. The average Bonchev–Trinajstić information content (AvgIpc) is 3.37. The summed E-state index contributed by atoms with van der Waals surface area (Å²) in [6.45, 7) is -1.25. The first-order chi connectivity index (χ1) is 21.1. The molecule has 45 heavy (non-hydrogen) atoms. The van der Waals surface area contributed by atoms with E-state index in [1.807, 2.05) is 0 Å². The number of rotatable bonds is 10. The van der Waals surface area contributed by atoms with Crippen molar-refractivity contribution in [2.45, 2.75) is 74.7 Å². The van der Waals surface area contributed by atoms with E-state index < -0.39 is 85.7 Å². The third-order valence-electron chi connectivity index (χ3n) is 8.20. The number of hydrogen-bond acceptors (Lipinski definition) is 7. The quantitative estimate of drug-likeness (QED) is 0.250. The van der Waals surface area contributed by atoms with Crippen LogP contribution in [0.4, 0.5) is 35.5 Å². The monoisotopic (exact) mass is 646 g/mol. The lowest BCUT2D eigenvalue weighted by molar-refractivity contribution is -0.196. The fourth-order valence-electron chi connectivity index (χ4n) is 5.76. The number of alkyl carbamates (subject to hydrolysis) is 1. The van der Waals surface area contributed by atoms with Gasteiger partial charge in [-0.15, -0.1) is 0 Å². The number of hydrogen-bond donors (Lipinski definition) is 3. The third kappa shape index (κ3) is 7.45. The highest BCUT2D eigenvalue weighted by Gasteiger charge is 2.59. The van der Waals surface area contributed by atoms with Crippen molar-refractivity contribution >= 4 is 17.8 Å². The van der Waals surface area contributed by atoms with Crippen LogP contribution >= 0.6 is 0 Å². The molecule has 1 aromatic carbocycles. The number of fused-ring (bicyclic) bond motifs is 1. The van der Waals surface area contributed by atoms with Crippen molar-refractivity contribution in [2.24, 2.45) is 11.8 Å². The van der Waals surface area contributed by atoms with Gasteiger partial charge in [0.1, 0.15) is 6.61 Å². The molecule has 2 atom stereocenters. The Morgan fingerprint density at radius 2 is 1.71 bits per heavy atom. The van der Waals surface area contributed by atoms with E-state index in [0.717, 1.165) is 10.7 Å². The number of nitrogens with one attached hydrogen (secondary N) is 2. The maximum atomic E-state index is 14.1. The van der Waals surface area contributed by atoms with Crippen LogP contribution in [0.3, 0.4) is 0 Å². The van der Waals surface area contributed by atoms with Crippen LogP contribution < -0.4 is 10.6 Å². The highest BCUT2D eigenvalue weighted by molar-refractivity contribution is 5.71. The van der Waals surface area contributed by atoms with E-state index in [2.05, 4.69) is 25.7 Å². The molecule has 0 spiro atoms. The van der Waals surface area contributed by atoms with Gasteiger partial charge in [0.15, 0.2) is 5.92 Å². The normalized spacial score (nSPS) is 20.6. The Morgan fingerprint density at radius 1 is 1.04 bits per heavy atom. The van der Waals surface area contributed by atoms with Crippen LogP contribution in [0.2, 0.25) is 0 Å². The Morgan fingerprint density at radius 3 is 2.31 bits per heavy atom. The van der Waals surface area contributed by atoms with Crippen molar-refractivity contribution in [3.05, 3.63) is 59.7 Å². The van der Waals surface area contributed by atoms with Crippen molar-refractivity contribution < 1.29 is 50.2 Å². The van der Waals surface area contributed by atoms with Crippen LogP contribution in [0.5, 0.6) is 0 Å². The van der Waals surface area contributed by atoms with Crippen LogP contribution in [0.15, 0.2) is 42.7 Å². The molecule has 2 fully saturated rings. The molecule has 0 bridgehead atoms. The molecule has 2 heterocycles. The van der Waals surface area contributed by atoms with E-state index in [-0.39, 0.29) is 36.6 Å². The highest BCUT2D eigenvalue weighted by atomic mass is 19.4. The van der Waals surface area contributed by atoms with Gasteiger partial charge in [-0.2, -0.15) is 18.3 Å². The summed E-state index contributed by atoms with van der Waals surface area (Å²) in [5.74, 6) is -11.8. The lowest BCUT2D eigenvalue weighted by Gasteiger charge is -2.47. The second-order valence-corrected chi connectivity index (χ2v) is 11.5. The molecule has 2 aliphatic carbocycles. The minimum atomic E-state index is -5.13. The Labute approximate surface area is 251 Å². The number of carboxylic acids is 1.